The Bertz CT molecular complexity index is 652. The van der Waals surface area contributed by atoms with Crippen LogP contribution in [0.15, 0.2) is 54.6 Å². The summed E-state index contributed by atoms with van der Waals surface area (Å²) in [4.78, 5) is 13.1. The van der Waals surface area contributed by atoms with Gasteiger partial charge in [-0.1, -0.05) is 54.6 Å². The molecule has 0 amide bonds. The lowest BCUT2D eigenvalue weighted by Crippen LogP contribution is -2.46. The fourth-order valence-electron chi connectivity index (χ4n) is 3.93. The van der Waals surface area contributed by atoms with Gasteiger partial charge in [-0.15, -0.1) is 0 Å². The van der Waals surface area contributed by atoms with Crippen molar-refractivity contribution in [1.29, 1.82) is 0 Å². The summed E-state index contributed by atoms with van der Waals surface area (Å²) in [5, 5.41) is 8.74. The van der Waals surface area contributed by atoms with Gasteiger partial charge in [-0.25, -0.2) is 0 Å². The molecule has 0 radical (unpaired) electrons. The van der Waals surface area contributed by atoms with Crippen LogP contribution >= 0.6 is 0 Å². The summed E-state index contributed by atoms with van der Waals surface area (Å²) in [6, 6.07) is 10.7. The van der Waals surface area contributed by atoms with Gasteiger partial charge in [0.25, 0.3) is 0 Å². The molecular weight excluding hydrogens is 354 g/mol. The molecule has 1 saturated heterocycles. The van der Waals surface area contributed by atoms with E-state index in [0.29, 0.717) is 25.0 Å². The molecular formula is C23H31NO4. The lowest BCUT2D eigenvalue weighted by Gasteiger charge is -2.36. The van der Waals surface area contributed by atoms with E-state index in [9.17, 15) is 4.79 Å². The molecule has 0 saturated carbocycles. The third kappa shape index (κ3) is 6.30. The molecule has 0 spiro atoms. The largest absolute Gasteiger partial charge is 0.481 e. The van der Waals surface area contributed by atoms with Crippen LogP contribution < -0.4 is 0 Å². The lowest BCUT2D eigenvalue weighted by molar-refractivity contribution is -0.137. The van der Waals surface area contributed by atoms with Crippen LogP contribution in [-0.4, -0.2) is 54.4 Å². The van der Waals surface area contributed by atoms with Crippen LogP contribution in [0, 0.1) is 5.92 Å². The van der Waals surface area contributed by atoms with E-state index in [2.05, 4.69) is 41.3 Å². The first-order valence-electron chi connectivity index (χ1n) is 10.3. The molecule has 5 nitrogen and oxygen atoms in total. The van der Waals surface area contributed by atoms with Crippen molar-refractivity contribution in [2.45, 2.75) is 44.4 Å². The number of carboxylic acids is 1. The number of aliphatic carboxylic acids is 1. The van der Waals surface area contributed by atoms with Crippen LogP contribution in [0.1, 0.15) is 31.2 Å². The minimum atomic E-state index is -0.727. The van der Waals surface area contributed by atoms with Crippen molar-refractivity contribution in [2.24, 2.45) is 5.92 Å². The number of nitrogens with zero attached hydrogens (tertiary/aromatic N) is 1. The van der Waals surface area contributed by atoms with Crippen molar-refractivity contribution in [3.8, 4) is 0 Å². The number of ether oxygens (including phenoxy) is 2. The molecule has 0 aromatic heterocycles. The number of allylic oxidation sites excluding steroid dienone is 2. The van der Waals surface area contributed by atoms with E-state index < -0.39 is 5.97 Å². The van der Waals surface area contributed by atoms with Crippen LogP contribution in [0.25, 0.3) is 0 Å². The summed E-state index contributed by atoms with van der Waals surface area (Å²) >= 11 is 0. The maximum Gasteiger partial charge on any atom is 0.303 e. The van der Waals surface area contributed by atoms with E-state index in [1.807, 2.05) is 18.2 Å². The van der Waals surface area contributed by atoms with Gasteiger partial charge in [0, 0.05) is 31.5 Å². The Morgan fingerprint density at radius 3 is 2.71 bits per heavy atom. The molecule has 1 N–H and O–H groups in total. The maximum atomic E-state index is 10.6. The number of hydrogen-bond acceptors (Lipinski definition) is 4. The topological polar surface area (TPSA) is 59.0 Å². The van der Waals surface area contributed by atoms with Gasteiger partial charge in [0.15, 0.2) is 0 Å². The quantitative estimate of drug-likeness (QED) is 0.492. The van der Waals surface area contributed by atoms with E-state index in [-0.39, 0.29) is 12.5 Å². The second-order valence-electron chi connectivity index (χ2n) is 7.44. The average molecular weight is 386 g/mol. The Hall–Kier alpha value is -1.95. The minimum Gasteiger partial charge on any atom is -0.481 e. The maximum absolute atomic E-state index is 10.6. The van der Waals surface area contributed by atoms with Crippen LogP contribution in [0.3, 0.4) is 0 Å². The smallest absolute Gasteiger partial charge is 0.303 e. The number of carboxylic acid groups (broad SMARTS) is 1. The summed E-state index contributed by atoms with van der Waals surface area (Å²) in [6.45, 7) is 4.11. The zero-order valence-electron chi connectivity index (χ0n) is 16.4. The molecule has 0 bridgehead atoms. The molecule has 1 aliphatic carbocycles. The number of carbonyl (C=O) groups is 1. The number of hydrogen-bond donors (Lipinski definition) is 1. The van der Waals surface area contributed by atoms with Crippen LogP contribution in [0.4, 0.5) is 0 Å². The third-order valence-corrected chi connectivity index (χ3v) is 5.45. The predicted octanol–water partition coefficient (Wildman–Crippen LogP) is 3.66. The van der Waals surface area contributed by atoms with Crippen molar-refractivity contribution < 1.29 is 19.4 Å². The molecule has 28 heavy (non-hydrogen) atoms. The number of rotatable bonds is 10. The number of unbranched alkanes of at least 4 members (excludes halogenated alkanes) is 1. The van der Waals surface area contributed by atoms with Crippen LogP contribution in [-0.2, 0) is 20.9 Å². The molecule has 1 heterocycles. The first-order valence-corrected chi connectivity index (χ1v) is 10.3. The van der Waals surface area contributed by atoms with Gasteiger partial charge < -0.3 is 14.6 Å². The molecule has 3 atom stereocenters. The SMILES string of the molecule is O=C(O)CCCC=CC[C@H]1[C@H](OCc2ccccc2)C=C[C@@H]1N1CCOCC1. The Morgan fingerprint density at radius 2 is 1.96 bits per heavy atom. The average Bonchev–Trinajstić information content (AvgIpc) is 3.13. The van der Waals surface area contributed by atoms with Gasteiger partial charge in [0.1, 0.15) is 0 Å². The molecule has 1 fully saturated rings. The zero-order chi connectivity index (χ0) is 19.6. The highest BCUT2D eigenvalue weighted by Gasteiger charge is 2.35. The van der Waals surface area contributed by atoms with Gasteiger partial charge in [-0.3, -0.25) is 9.69 Å². The zero-order valence-corrected chi connectivity index (χ0v) is 16.4. The molecule has 5 heteroatoms. The van der Waals surface area contributed by atoms with Crippen molar-refractivity contribution in [2.75, 3.05) is 26.3 Å². The fourth-order valence-corrected chi connectivity index (χ4v) is 3.93. The van der Waals surface area contributed by atoms with Crippen molar-refractivity contribution in [3.05, 3.63) is 60.2 Å². The fraction of sp³-hybridized carbons (Fsp3) is 0.522. The van der Waals surface area contributed by atoms with Crippen LogP contribution in [0.2, 0.25) is 0 Å². The highest BCUT2D eigenvalue weighted by atomic mass is 16.5. The van der Waals surface area contributed by atoms with E-state index in [1.165, 1.54) is 5.56 Å². The van der Waals surface area contributed by atoms with Gasteiger partial charge in [0.2, 0.25) is 0 Å². The van der Waals surface area contributed by atoms with E-state index in [4.69, 9.17) is 14.6 Å². The second-order valence-corrected chi connectivity index (χ2v) is 7.44. The lowest BCUT2D eigenvalue weighted by atomic mass is 9.94. The van der Waals surface area contributed by atoms with E-state index in [1.54, 1.807) is 0 Å². The molecule has 1 aliphatic heterocycles. The molecule has 3 rings (SSSR count). The Labute approximate surface area is 167 Å². The van der Waals surface area contributed by atoms with Gasteiger partial charge >= 0.3 is 5.97 Å². The second kappa shape index (κ2) is 11.1. The minimum absolute atomic E-state index is 0.0942. The highest BCUT2D eigenvalue weighted by molar-refractivity contribution is 5.66. The number of morpholine rings is 1. The standard InChI is InChI=1S/C23H31NO4/c25-23(26)11-7-2-1-6-10-20-21(24-14-16-27-17-15-24)12-13-22(20)28-18-19-8-4-3-5-9-19/h1,3-6,8-9,12-13,20-22H,2,7,10-11,14-18H2,(H,25,26)/t20-,21+,22-/m1/s1. The summed E-state index contributed by atoms with van der Waals surface area (Å²) in [5.41, 5.74) is 1.19. The molecule has 0 unspecified atom stereocenters. The monoisotopic (exact) mass is 385 g/mol. The summed E-state index contributed by atoms with van der Waals surface area (Å²) < 4.78 is 11.8. The summed E-state index contributed by atoms with van der Waals surface area (Å²) in [5.74, 6) is -0.354. The molecule has 1 aromatic rings. The highest BCUT2D eigenvalue weighted by Crippen LogP contribution is 2.31. The Kier molecular flexibility index (Phi) is 8.27. The molecule has 152 valence electrons. The van der Waals surface area contributed by atoms with E-state index in [0.717, 1.165) is 39.1 Å². The third-order valence-electron chi connectivity index (χ3n) is 5.45. The van der Waals surface area contributed by atoms with Crippen molar-refractivity contribution in [1.82, 2.24) is 4.90 Å². The summed E-state index contributed by atoms with van der Waals surface area (Å²) in [6.07, 6.45) is 11.6. The van der Waals surface area contributed by atoms with E-state index >= 15 is 0 Å². The van der Waals surface area contributed by atoms with Crippen LogP contribution in [0.5, 0.6) is 0 Å². The normalized spacial score (nSPS) is 25.5. The number of benzene rings is 1. The van der Waals surface area contributed by atoms with Gasteiger partial charge in [0.05, 0.1) is 25.9 Å². The summed E-state index contributed by atoms with van der Waals surface area (Å²) in [7, 11) is 0. The molecule has 1 aromatic carbocycles. The van der Waals surface area contributed by atoms with Crippen molar-refractivity contribution >= 4 is 5.97 Å². The predicted molar refractivity (Wildman–Crippen MR) is 109 cm³/mol. The Balaban J connectivity index is 1.56. The molecule has 2 aliphatic rings. The Morgan fingerprint density at radius 1 is 1.18 bits per heavy atom. The van der Waals surface area contributed by atoms with Gasteiger partial charge in [-0.05, 0) is 24.8 Å². The van der Waals surface area contributed by atoms with Gasteiger partial charge in [-0.2, -0.15) is 0 Å². The first kappa shape index (κ1) is 20.8. The van der Waals surface area contributed by atoms with Crippen molar-refractivity contribution in [3.63, 3.8) is 0 Å². The first-order chi connectivity index (χ1) is 13.7.